The van der Waals surface area contributed by atoms with Crippen LogP contribution in [-0.2, 0) is 10.0 Å². The van der Waals surface area contributed by atoms with Gasteiger partial charge in [0.05, 0.1) is 10.7 Å². The van der Waals surface area contributed by atoms with E-state index in [1.807, 2.05) is 0 Å². The lowest BCUT2D eigenvalue weighted by molar-refractivity contribution is 0.570. The summed E-state index contributed by atoms with van der Waals surface area (Å²) in [4.78, 5) is -0.552. The molecule has 0 saturated carbocycles. The number of anilines is 2. The Hall–Kier alpha value is -1.50. The molecule has 0 fully saturated rings. The third-order valence-electron chi connectivity index (χ3n) is 2.42. The molecule has 8 heteroatoms. The molecule has 0 heterocycles. The van der Waals surface area contributed by atoms with Crippen LogP contribution in [0.1, 0.15) is 0 Å². The van der Waals surface area contributed by atoms with Crippen molar-refractivity contribution >= 4 is 44.6 Å². The molecule has 20 heavy (non-hydrogen) atoms. The van der Waals surface area contributed by atoms with Crippen molar-refractivity contribution < 1.29 is 12.8 Å². The van der Waals surface area contributed by atoms with Crippen molar-refractivity contribution in [1.29, 1.82) is 0 Å². The van der Waals surface area contributed by atoms with Crippen molar-refractivity contribution in [2.24, 2.45) is 0 Å². The van der Waals surface area contributed by atoms with E-state index in [9.17, 15) is 12.8 Å². The highest BCUT2D eigenvalue weighted by Crippen LogP contribution is 2.28. The van der Waals surface area contributed by atoms with Crippen LogP contribution in [0.3, 0.4) is 0 Å². The summed E-state index contributed by atoms with van der Waals surface area (Å²) in [7, 11) is -4.13. The van der Waals surface area contributed by atoms with Crippen LogP contribution >= 0.6 is 23.2 Å². The summed E-state index contributed by atoms with van der Waals surface area (Å²) in [5.41, 5.74) is 5.69. The average molecular weight is 335 g/mol. The minimum absolute atomic E-state index is 0.0953. The van der Waals surface area contributed by atoms with Crippen LogP contribution in [0.2, 0.25) is 10.0 Å². The number of hydrogen-bond donors (Lipinski definition) is 2. The van der Waals surface area contributed by atoms with E-state index in [0.29, 0.717) is 5.02 Å². The normalized spacial score (nSPS) is 11.3. The predicted molar refractivity (Wildman–Crippen MR) is 78.1 cm³/mol. The molecule has 0 atom stereocenters. The van der Waals surface area contributed by atoms with Crippen LogP contribution in [0.5, 0.6) is 0 Å². The number of sulfonamides is 1. The third-order valence-corrected chi connectivity index (χ3v) is 4.35. The van der Waals surface area contributed by atoms with Gasteiger partial charge in [0.25, 0.3) is 10.0 Å². The smallest absolute Gasteiger partial charge is 0.264 e. The molecule has 0 aliphatic heterocycles. The summed E-state index contributed by atoms with van der Waals surface area (Å²) < 4.78 is 40.0. The number of nitrogens with one attached hydrogen (secondary N) is 1. The number of benzene rings is 2. The molecule has 2 aromatic rings. The molecular weight excluding hydrogens is 326 g/mol. The standard InChI is InChI=1S/C12H9Cl2FN2O2S/c13-7-1-4-11(9(14)5-7)17-20(18,19)12-6-8(16)2-3-10(12)15/h1-6,17H,16H2. The van der Waals surface area contributed by atoms with Gasteiger partial charge in [-0.25, -0.2) is 12.8 Å². The van der Waals surface area contributed by atoms with Crippen molar-refractivity contribution in [3.05, 3.63) is 52.3 Å². The summed E-state index contributed by atoms with van der Waals surface area (Å²) in [5.74, 6) is -0.906. The molecule has 0 unspecified atom stereocenters. The SMILES string of the molecule is Nc1ccc(F)c(S(=O)(=O)Nc2ccc(Cl)cc2Cl)c1. The maximum absolute atomic E-state index is 13.6. The highest BCUT2D eigenvalue weighted by atomic mass is 35.5. The maximum Gasteiger partial charge on any atom is 0.264 e. The maximum atomic E-state index is 13.6. The minimum Gasteiger partial charge on any atom is -0.399 e. The Labute approximate surface area is 125 Å². The topological polar surface area (TPSA) is 72.2 Å². The Kier molecular flexibility index (Phi) is 4.08. The van der Waals surface area contributed by atoms with E-state index in [-0.39, 0.29) is 16.4 Å². The highest BCUT2D eigenvalue weighted by molar-refractivity contribution is 7.92. The first-order valence-electron chi connectivity index (χ1n) is 5.32. The monoisotopic (exact) mass is 334 g/mol. The number of nitrogens with two attached hydrogens (primary N) is 1. The molecule has 4 nitrogen and oxygen atoms in total. The fraction of sp³-hybridized carbons (Fsp3) is 0. The quantitative estimate of drug-likeness (QED) is 0.843. The van der Waals surface area contributed by atoms with Crippen LogP contribution in [-0.4, -0.2) is 8.42 Å². The van der Waals surface area contributed by atoms with Gasteiger partial charge in [-0.2, -0.15) is 0 Å². The first kappa shape index (κ1) is 14.9. The van der Waals surface area contributed by atoms with Gasteiger partial charge in [-0.1, -0.05) is 23.2 Å². The molecule has 2 aromatic carbocycles. The summed E-state index contributed by atoms with van der Waals surface area (Å²) in [6, 6.07) is 7.49. The van der Waals surface area contributed by atoms with E-state index >= 15 is 0 Å². The van der Waals surface area contributed by atoms with E-state index < -0.39 is 20.7 Å². The lowest BCUT2D eigenvalue weighted by atomic mass is 10.3. The van der Waals surface area contributed by atoms with Crippen LogP contribution in [0.4, 0.5) is 15.8 Å². The minimum atomic E-state index is -4.13. The number of hydrogen-bond acceptors (Lipinski definition) is 3. The van der Waals surface area contributed by atoms with Gasteiger partial charge in [0.2, 0.25) is 0 Å². The molecule has 0 aromatic heterocycles. The zero-order valence-corrected chi connectivity index (χ0v) is 12.2. The first-order valence-corrected chi connectivity index (χ1v) is 7.56. The van der Waals surface area contributed by atoms with Gasteiger partial charge in [0.1, 0.15) is 10.7 Å². The first-order chi connectivity index (χ1) is 9.29. The number of rotatable bonds is 3. The Morgan fingerprint density at radius 1 is 1.10 bits per heavy atom. The third kappa shape index (κ3) is 3.15. The molecule has 2 rings (SSSR count). The second-order valence-corrected chi connectivity index (χ2v) is 6.41. The molecule has 0 aliphatic rings. The Bertz CT molecular complexity index is 766. The summed E-state index contributed by atoms with van der Waals surface area (Å²) in [6.45, 7) is 0. The predicted octanol–water partition coefficient (Wildman–Crippen LogP) is 3.52. The summed E-state index contributed by atoms with van der Waals surface area (Å²) in [6.07, 6.45) is 0. The van der Waals surface area contributed by atoms with E-state index in [2.05, 4.69) is 4.72 Å². The van der Waals surface area contributed by atoms with Crippen molar-refractivity contribution in [2.75, 3.05) is 10.5 Å². The van der Waals surface area contributed by atoms with Gasteiger partial charge in [-0.3, -0.25) is 4.72 Å². The van der Waals surface area contributed by atoms with Crippen molar-refractivity contribution in [3.8, 4) is 0 Å². The molecule has 0 radical (unpaired) electrons. The van der Waals surface area contributed by atoms with Crippen molar-refractivity contribution in [3.63, 3.8) is 0 Å². The van der Waals surface area contributed by atoms with Crippen LogP contribution in [0.15, 0.2) is 41.3 Å². The Balaban J connectivity index is 2.43. The second kappa shape index (κ2) is 5.47. The van der Waals surface area contributed by atoms with Gasteiger partial charge in [-0.05, 0) is 36.4 Å². The Morgan fingerprint density at radius 3 is 2.45 bits per heavy atom. The lowest BCUT2D eigenvalue weighted by Gasteiger charge is -2.11. The Morgan fingerprint density at radius 2 is 1.80 bits per heavy atom. The molecule has 0 spiro atoms. The summed E-state index contributed by atoms with van der Waals surface area (Å²) >= 11 is 11.6. The molecule has 0 saturated heterocycles. The molecule has 3 N–H and O–H groups in total. The second-order valence-electron chi connectivity index (χ2n) is 3.92. The van der Waals surface area contributed by atoms with Gasteiger partial charge >= 0.3 is 0 Å². The summed E-state index contributed by atoms with van der Waals surface area (Å²) in [5, 5.41) is 0.457. The number of halogens is 3. The van der Waals surface area contributed by atoms with Gasteiger partial charge < -0.3 is 5.73 Å². The highest BCUT2D eigenvalue weighted by Gasteiger charge is 2.20. The lowest BCUT2D eigenvalue weighted by Crippen LogP contribution is -2.15. The van der Waals surface area contributed by atoms with Crippen molar-refractivity contribution in [1.82, 2.24) is 0 Å². The largest absolute Gasteiger partial charge is 0.399 e. The van der Waals surface area contributed by atoms with E-state index in [0.717, 1.165) is 12.1 Å². The van der Waals surface area contributed by atoms with Crippen LogP contribution in [0, 0.1) is 5.82 Å². The van der Waals surface area contributed by atoms with E-state index in [4.69, 9.17) is 28.9 Å². The zero-order valence-electron chi connectivity index (χ0n) is 9.90. The zero-order chi connectivity index (χ0) is 14.9. The van der Waals surface area contributed by atoms with Crippen LogP contribution in [0.25, 0.3) is 0 Å². The molecule has 0 amide bonds. The average Bonchev–Trinajstić information content (AvgIpc) is 2.35. The van der Waals surface area contributed by atoms with Crippen molar-refractivity contribution in [2.45, 2.75) is 4.90 Å². The number of nitrogen functional groups attached to an aromatic ring is 1. The molecular formula is C12H9Cl2FN2O2S. The van der Waals surface area contributed by atoms with Gasteiger partial charge in [0.15, 0.2) is 0 Å². The van der Waals surface area contributed by atoms with Gasteiger partial charge in [-0.15, -0.1) is 0 Å². The van der Waals surface area contributed by atoms with Crippen LogP contribution < -0.4 is 10.5 Å². The fourth-order valence-corrected chi connectivity index (χ4v) is 3.20. The fourth-order valence-electron chi connectivity index (χ4n) is 1.50. The molecule has 0 bridgehead atoms. The molecule has 106 valence electrons. The molecule has 0 aliphatic carbocycles. The van der Waals surface area contributed by atoms with E-state index in [1.165, 1.54) is 24.3 Å². The van der Waals surface area contributed by atoms with Gasteiger partial charge in [0, 0.05) is 10.7 Å². The van der Waals surface area contributed by atoms with E-state index in [1.54, 1.807) is 0 Å².